The molecular weight excluding hydrogens is 358 g/mol. The average Bonchev–Trinajstić information content (AvgIpc) is 2.69. The maximum Gasteiger partial charge on any atom is 0.267 e. The van der Waals surface area contributed by atoms with Gasteiger partial charge in [-0.15, -0.1) is 11.8 Å². The molecule has 0 radical (unpaired) electrons. The molecule has 3 rings (SSSR count). The number of aromatic hydroxyl groups is 1. The van der Waals surface area contributed by atoms with Gasteiger partial charge in [-0.2, -0.15) is 5.26 Å². The minimum Gasteiger partial charge on any atom is -0.507 e. The summed E-state index contributed by atoms with van der Waals surface area (Å²) in [6.07, 6.45) is 3.36. The first-order valence-corrected chi connectivity index (χ1v) is 9.38. The van der Waals surface area contributed by atoms with Crippen LogP contribution >= 0.6 is 11.8 Å². The molecule has 0 aliphatic heterocycles. The number of amides is 1. The maximum atomic E-state index is 12.5. The van der Waals surface area contributed by atoms with Crippen molar-refractivity contribution >= 4 is 39.8 Å². The van der Waals surface area contributed by atoms with E-state index in [1.165, 1.54) is 6.20 Å². The number of thioether (sulfide) groups is 1. The van der Waals surface area contributed by atoms with Gasteiger partial charge in [-0.3, -0.25) is 4.79 Å². The number of nitriles is 1. The summed E-state index contributed by atoms with van der Waals surface area (Å²) < 4.78 is 0. The van der Waals surface area contributed by atoms with Crippen LogP contribution in [0.3, 0.4) is 0 Å². The molecule has 0 spiro atoms. The number of phenolic OH excluding ortho intramolecular Hbond substituents is 1. The largest absolute Gasteiger partial charge is 0.507 e. The summed E-state index contributed by atoms with van der Waals surface area (Å²) in [7, 11) is 0. The Morgan fingerprint density at radius 3 is 2.63 bits per heavy atom. The molecule has 27 heavy (non-hydrogen) atoms. The van der Waals surface area contributed by atoms with Crippen LogP contribution < -0.4 is 10.6 Å². The minimum atomic E-state index is -0.526. The molecule has 3 aromatic carbocycles. The second kappa shape index (κ2) is 8.30. The average molecular weight is 375 g/mol. The van der Waals surface area contributed by atoms with Gasteiger partial charge in [0.05, 0.1) is 0 Å². The highest BCUT2D eigenvalue weighted by Crippen LogP contribution is 2.30. The van der Waals surface area contributed by atoms with Crippen molar-refractivity contribution in [2.45, 2.75) is 4.90 Å². The lowest BCUT2D eigenvalue weighted by Gasteiger charge is -2.09. The number of hydrogen-bond donors (Lipinski definition) is 3. The Hall–Kier alpha value is -3.43. The van der Waals surface area contributed by atoms with Crippen molar-refractivity contribution in [1.82, 2.24) is 0 Å². The van der Waals surface area contributed by atoms with Crippen molar-refractivity contribution in [2.24, 2.45) is 0 Å². The van der Waals surface area contributed by atoms with Crippen molar-refractivity contribution in [2.75, 3.05) is 16.9 Å². The molecule has 0 aliphatic rings. The molecule has 0 aliphatic carbocycles. The van der Waals surface area contributed by atoms with E-state index in [1.807, 2.05) is 36.6 Å². The molecule has 0 fully saturated rings. The van der Waals surface area contributed by atoms with Crippen LogP contribution in [-0.2, 0) is 4.79 Å². The van der Waals surface area contributed by atoms with Crippen molar-refractivity contribution in [1.29, 1.82) is 5.26 Å². The minimum absolute atomic E-state index is 0.0540. The smallest absolute Gasteiger partial charge is 0.267 e. The van der Waals surface area contributed by atoms with Crippen molar-refractivity contribution in [3.63, 3.8) is 0 Å². The number of fused-ring (bicyclic) bond motifs is 1. The van der Waals surface area contributed by atoms with Gasteiger partial charge in [-0.25, -0.2) is 0 Å². The fraction of sp³-hybridized carbons (Fsp3) is 0.0476. The Bertz CT molecular complexity index is 1070. The van der Waals surface area contributed by atoms with E-state index in [9.17, 15) is 15.2 Å². The number of carbonyl (C=O) groups is 1. The standard InChI is InChI=1S/C21H17N3O2S/c1-27-16-6-2-5-15(11-16)23-13-14(12-22)21(26)24-19-9-3-8-18-17(19)7-4-10-20(18)25/h2-11,13,23,25H,1H3,(H,24,26)/b14-13-. The van der Waals surface area contributed by atoms with Crippen molar-refractivity contribution in [3.8, 4) is 11.8 Å². The van der Waals surface area contributed by atoms with E-state index >= 15 is 0 Å². The number of hydrogen-bond acceptors (Lipinski definition) is 5. The predicted molar refractivity (Wildman–Crippen MR) is 110 cm³/mol. The molecule has 0 atom stereocenters. The van der Waals surface area contributed by atoms with Crippen molar-refractivity contribution in [3.05, 3.63) is 72.4 Å². The van der Waals surface area contributed by atoms with Crippen LogP contribution in [0.4, 0.5) is 11.4 Å². The fourth-order valence-corrected chi connectivity index (χ4v) is 3.07. The molecule has 0 saturated carbocycles. The third kappa shape index (κ3) is 4.22. The van der Waals surface area contributed by atoms with Crippen LogP contribution in [0.15, 0.2) is 77.3 Å². The Labute approximate surface area is 161 Å². The van der Waals surface area contributed by atoms with E-state index in [0.29, 0.717) is 16.5 Å². The van der Waals surface area contributed by atoms with Gasteiger partial charge in [0.25, 0.3) is 5.91 Å². The summed E-state index contributed by atoms with van der Waals surface area (Å²) in [5, 5.41) is 26.3. The molecule has 1 amide bonds. The van der Waals surface area contributed by atoms with Gasteiger partial charge in [0.2, 0.25) is 0 Å². The van der Waals surface area contributed by atoms with Crippen molar-refractivity contribution < 1.29 is 9.90 Å². The van der Waals surface area contributed by atoms with E-state index in [-0.39, 0.29) is 11.3 Å². The Balaban J connectivity index is 1.82. The first-order valence-electron chi connectivity index (χ1n) is 8.15. The zero-order chi connectivity index (χ0) is 19.2. The highest BCUT2D eigenvalue weighted by atomic mass is 32.2. The molecule has 5 nitrogen and oxygen atoms in total. The lowest BCUT2D eigenvalue weighted by molar-refractivity contribution is -0.112. The SMILES string of the molecule is CSc1cccc(N/C=C(/C#N)C(=O)Nc2cccc3c(O)cccc23)c1. The third-order valence-electron chi connectivity index (χ3n) is 3.97. The van der Waals surface area contributed by atoms with E-state index in [2.05, 4.69) is 10.6 Å². The first-order chi connectivity index (χ1) is 13.1. The van der Waals surface area contributed by atoms with Crippen LogP contribution in [0.25, 0.3) is 10.8 Å². The normalized spacial score (nSPS) is 11.0. The van der Waals surface area contributed by atoms with Gasteiger partial charge in [0.1, 0.15) is 17.4 Å². The number of phenols is 1. The number of carbonyl (C=O) groups excluding carboxylic acids is 1. The number of nitrogens with one attached hydrogen (secondary N) is 2. The molecule has 3 N–H and O–H groups in total. The molecule has 0 bridgehead atoms. The number of nitrogens with zero attached hydrogens (tertiary/aromatic N) is 1. The number of benzene rings is 3. The van der Waals surface area contributed by atoms with Crippen LogP contribution in [0.5, 0.6) is 5.75 Å². The second-order valence-corrected chi connectivity index (χ2v) is 6.56. The zero-order valence-corrected chi connectivity index (χ0v) is 15.4. The van der Waals surface area contributed by atoms with Crippen LogP contribution in [0.1, 0.15) is 0 Å². The van der Waals surface area contributed by atoms with Gasteiger partial charge in [0.15, 0.2) is 0 Å². The highest BCUT2D eigenvalue weighted by Gasteiger charge is 2.12. The molecule has 0 unspecified atom stereocenters. The van der Waals surface area contributed by atoms with Gasteiger partial charge in [-0.05, 0) is 36.6 Å². The summed E-state index contributed by atoms with van der Waals surface area (Å²) in [5.74, 6) is -0.392. The summed E-state index contributed by atoms with van der Waals surface area (Å²) >= 11 is 1.61. The Morgan fingerprint density at radius 2 is 1.85 bits per heavy atom. The van der Waals surface area contributed by atoms with Gasteiger partial charge in [0, 0.05) is 33.2 Å². The van der Waals surface area contributed by atoms with Crippen LogP contribution in [0, 0.1) is 11.3 Å². The lowest BCUT2D eigenvalue weighted by Crippen LogP contribution is -2.14. The fourth-order valence-electron chi connectivity index (χ4n) is 2.61. The van der Waals surface area contributed by atoms with E-state index in [1.54, 1.807) is 48.2 Å². The number of rotatable bonds is 5. The summed E-state index contributed by atoms with van der Waals surface area (Å²) in [6.45, 7) is 0. The second-order valence-electron chi connectivity index (χ2n) is 5.68. The molecule has 0 heterocycles. The predicted octanol–water partition coefficient (Wildman–Crippen LogP) is 4.73. The zero-order valence-electron chi connectivity index (χ0n) is 14.6. The first kappa shape index (κ1) is 18.4. The molecule has 6 heteroatoms. The third-order valence-corrected chi connectivity index (χ3v) is 4.69. The lowest BCUT2D eigenvalue weighted by atomic mass is 10.1. The van der Waals surface area contributed by atoms with Gasteiger partial charge >= 0.3 is 0 Å². The molecule has 0 saturated heterocycles. The molecule has 0 aromatic heterocycles. The van der Waals surface area contributed by atoms with E-state index in [4.69, 9.17) is 0 Å². The van der Waals surface area contributed by atoms with Gasteiger partial charge < -0.3 is 15.7 Å². The summed E-state index contributed by atoms with van der Waals surface area (Å²) in [5.41, 5.74) is 1.26. The molecule has 134 valence electrons. The Morgan fingerprint density at radius 1 is 1.11 bits per heavy atom. The van der Waals surface area contributed by atoms with Gasteiger partial charge in [-0.1, -0.05) is 30.3 Å². The number of anilines is 2. The summed E-state index contributed by atoms with van der Waals surface area (Å²) in [4.78, 5) is 13.6. The van der Waals surface area contributed by atoms with E-state index in [0.717, 1.165) is 10.6 Å². The quantitative estimate of drug-likeness (QED) is 0.341. The highest BCUT2D eigenvalue weighted by molar-refractivity contribution is 7.98. The topological polar surface area (TPSA) is 85.2 Å². The maximum absolute atomic E-state index is 12.5. The molecule has 3 aromatic rings. The van der Waals surface area contributed by atoms with Crippen LogP contribution in [-0.4, -0.2) is 17.3 Å². The summed E-state index contributed by atoms with van der Waals surface area (Å²) in [6, 6.07) is 19.9. The Kier molecular flexibility index (Phi) is 5.64. The monoisotopic (exact) mass is 375 g/mol. The van der Waals surface area contributed by atoms with E-state index < -0.39 is 5.91 Å². The van der Waals surface area contributed by atoms with Crippen LogP contribution in [0.2, 0.25) is 0 Å². The molecular formula is C21H17N3O2S.